The molecule has 2 rings (SSSR count). The first-order chi connectivity index (χ1) is 9.15. The summed E-state index contributed by atoms with van der Waals surface area (Å²) in [6, 6.07) is 5.57. The lowest BCUT2D eigenvalue weighted by Crippen LogP contribution is -2.24. The molecule has 5 heteroatoms. The van der Waals surface area contributed by atoms with Crippen molar-refractivity contribution < 1.29 is 19.1 Å². The minimum Gasteiger partial charge on any atom is -0.490 e. The van der Waals surface area contributed by atoms with Crippen LogP contribution in [-0.4, -0.2) is 24.9 Å². The van der Waals surface area contributed by atoms with Crippen LogP contribution in [0.2, 0.25) is 0 Å². The molecule has 0 bridgehead atoms. The summed E-state index contributed by atoms with van der Waals surface area (Å²) in [5.74, 6) is 1.03. The average Bonchev–Trinajstić information content (AvgIpc) is 2.60. The monoisotopic (exact) mass is 263 g/mol. The molecule has 5 nitrogen and oxygen atoms in total. The molecular formula is C14H17NO4. The molecule has 1 aliphatic heterocycles. The molecule has 1 aliphatic rings. The fourth-order valence-corrected chi connectivity index (χ4v) is 1.81. The van der Waals surface area contributed by atoms with E-state index in [-0.39, 0.29) is 18.1 Å². The number of amides is 1. The maximum absolute atomic E-state index is 11.4. The molecule has 0 fully saturated rings. The molecule has 1 N–H and O–H groups in total. The molecule has 102 valence electrons. The van der Waals surface area contributed by atoms with Gasteiger partial charge < -0.3 is 14.8 Å². The number of rotatable bonds is 4. The maximum Gasteiger partial charge on any atom is 0.227 e. The van der Waals surface area contributed by atoms with Gasteiger partial charge in [-0.3, -0.25) is 9.59 Å². The van der Waals surface area contributed by atoms with Gasteiger partial charge in [-0.05, 0) is 24.6 Å². The van der Waals surface area contributed by atoms with Crippen LogP contribution in [-0.2, 0) is 16.1 Å². The SMILES string of the molecule is CC(=O)CC(=O)NCc1ccc2c(c1)OCCCO2. The first-order valence-corrected chi connectivity index (χ1v) is 6.30. The quantitative estimate of drug-likeness (QED) is 0.835. The molecule has 0 saturated carbocycles. The minimum atomic E-state index is -0.264. The molecule has 0 atom stereocenters. The Hall–Kier alpha value is -2.04. The lowest BCUT2D eigenvalue weighted by molar-refractivity contribution is -0.127. The van der Waals surface area contributed by atoms with Gasteiger partial charge in [-0.1, -0.05) is 6.07 Å². The van der Waals surface area contributed by atoms with Gasteiger partial charge in [-0.2, -0.15) is 0 Å². The number of fused-ring (bicyclic) bond motifs is 1. The summed E-state index contributed by atoms with van der Waals surface area (Å²) >= 11 is 0. The topological polar surface area (TPSA) is 64.6 Å². The Morgan fingerprint density at radius 2 is 1.95 bits per heavy atom. The van der Waals surface area contributed by atoms with Crippen LogP contribution in [0.1, 0.15) is 25.3 Å². The van der Waals surface area contributed by atoms with Gasteiger partial charge in [-0.15, -0.1) is 0 Å². The number of Topliss-reactive ketones (excluding diaryl/α,β-unsaturated/α-hetero) is 1. The van der Waals surface area contributed by atoms with Gasteiger partial charge in [-0.25, -0.2) is 0 Å². The summed E-state index contributed by atoms with van der Waals surface area (Å²) in [6.07, 6.45) is 0.782. The zero-order valence-electron chi connectivity index (χ0n) is 10.9. The summed E-state index contributed by atoms with van der Waals surface area (Å²) in [4.78, 5) is 22.2. The van der Waals surface area contributed by atoms with Crippen molar-refractivity contribution in [3.05, 3.63) is 23.8 Å². The number of ether oxygens (including phenoxy) is 2. The van der Waals surface area contributed by atoms with E-state index >= 15 is 0 Å². The van der Waals surface area contributed by atoms with E-state index < -0.39 is 0 Å². The third-order valence-electron chi connectivity index (χ3n) is 2.71. The molecule has 1 amide bonds. The second kappa shape index (κ2) is 6.22. The Labute approximate surface area is 111 Å². The highest BCUT2D eigenvalue weighted by Crippen LogP contribution is 2.30. The zero-order valence-corrected chi connectivity index (χ0v) is 10.9. The highest BCUT2D eigenvalue weighted by atomic mass is 16.5. The van der Waals surface area contributed by atoms with Crippen molar-refractivity contribution in [3.63, 3.8) is 0 Å². The summed E-state index contributed by atoms with van der Waals surface area (Å²) in [7, 11) is 0. The summed E-state index contributed by atoms with van der Waals surface area (Å²) < 4.78 is 11.1. The summed E-state index contributed by atoms with van der Waals surface area (Å²) in [5, 5.41) is 2.70. The smallest absolute Gasteiger partial charge is 0.227 e. The third kappa shape index (κ3) is 3.98. The van der Waals surface area contributed by atoms with E-state index in [1.54, 1.807) is 0 Å². The van der Waals surface area contributed by atoms with Crippen molar-refractivity contribution in [2.75, 3.05) is 13.2 Å². The fourth-order valence-electron chi connectivity index (χ4n) is 1.81. The molecular weight excluding hydrogens is 246 g/mol. The molecule has 1 heterocycles. The van der Waals surface area contributed by atoms with Crippen molar-refractivity contribution in [2.45, 2.75) is 26.3 Å². The fraction of sp³-hybridized carbons (Fsp3) is 0.429. The predicted octanol–water partition coefficient (Wildman–Crippen LogP) is 1.44. The second-order valence-corrected chi connectivity index (χ2v) is 4.49. The molecule has 1 aromatic rings. The predicted molar refractivity (Wildman–Crippen MR) is 69.2 cm³/mol. The lowest BCUT2D eigenvalue weighted by Gasteiger charge is -2.10. The molecule has 0 aromatic heterocycles. The van der Waals surface area contributed by atoms with Crippen molar-refractivity contribution in [3.8, 4) is 11.5 Å². The van der Waals surface area contributed by atoms with Gasteiger partial charge in [0.15, 0.2) is 11.5 Å². The van der Waals surface area contributed by atoms with Crippen molar-refractivity contribution in [1.29, 1.82) is 0 Å². The molecule has 19 heavy (non-hydrogen) atoms. The van der Waals surface area contributed by atoms with Gasteiger partial charge >= 0.3 is 0 Å². The Morgan fingerprint density at radius 3 is 2.68 bits per heavy atom. The van der Waals surface area contributed by atoms with Crippen LogP contribution in [0, 0.1) is 0 Å². The second-order valence-electron chi connectivity index (χ2n) is 4.49. The number of carbonyl (C=O) groups excluding carboxylic acids is 2. The van der Waals surface area contributed by atoms with E-state index in [9.17, 15) is 9.59 Å². The summed E-state index contributed by atoms with van der Waals surface area (Å²) in [6.45, 7) is 3.06. The summed E-state index contributed by atoms with van der Waals surface area (Å²) in [5.41, 5.74) is 0.918. The van der Waals surface area contributed by atoms with E-state index in [2.05, 4.69) is 5.32 Å². The zero-order chi connectivity index (χ0) is 13.7. The number of hydrogen-bond acceptors (Lipinski definition) is 4. The molecule has 0 unspecified atom stereocenters. The van der Waals surface area contributed by atoms with Gasteiger partial charge in [0.05, 0.1) is 19.6 Å². The minimum absolute atomic E-state index is 0.0788. The van der Waals surface area contributed by atoms with Crippen LogP contribution >= 0.6 is 0 Å². The van der Waals surface area contributed by atoms with Crippen LogP contribution in [0.25, 0.3) is 0 Å². The van der Waals surface area contributed by atoms with E-state index in [4.69, 9.17) is 9.47 Å². The van der Waals surface area contributed by atoms with Crippen LogP contribution in [0.15, 0.2) is 18.2 Å². The largest absolute Gasteiger partial charge is 0.490 e. The van der Waals surface area contributed by atoms with Crippen LogP contribution in [0.3, 0.4) is 0 Å². The number of hydrogen-bond donors (Lipinski definition) is 1. The Morgan fingerprint density at radius 1 is 1.21 bits per heavy atom. The normalized spacial score (nSPS) is 13.5. The van der Waals surface area contributed by atoms with Gasteiger partial charge in [0, 0.05) is 13.0 Å². The van der Waals surface area contributed by atoms with Crippen LogP contribution < -0.4 is 14.8 Å². The Bertz CT molecular complexity index is 484. The molecule has 0 radical (unpaired) electrons. The van der Waals surface area contributed by atoms with E-state index in [0.717, 1.165) is 17.7 Å². The van der Waals surface area contributed by atoms with Crippen molar-refractivity contribution >= 4 is 11.7 Å². The standard InChI is InChI=1S/C14H17NO4/c1-10(16)7-14(17)15-9-11-3-4-12-13(8-11)19-6-2-5-18-12/h3-4,8H,2,5-7,9H2,1H3,(H,15,17). The first-order valence-electron chi connectivity index (χ1n) is 6.30. The van der Waals surface area contributed by atoms with Crippen LogP contribution in [0.5, 0.6) is 11.5 Å². The average molecular weight is 263 g/mol. The van der Waals surface area contributed by atoms with Gasteiger partial charge in [0.1, 0.15) is 5.78 Å². The van der Waals surface area contributed by atoms with Gasteiger partial charge in [0.25, 0.3) is 0 Å². The molecule has 0 saturated heterocycles. The Balaban J connectivity index is 1.96. The number of carbonyl (C=O) groups is 2. The maximum atomic E-state index is 11.4. The van der Waals surface area contributed by atoms with E-state index in [0.29, 0.717) is 25.5 Å². The van der Waals surface area contributed by atoms with E-state index in [1.165, 1.54) is 6.92 Å². The van der Waals surface area contributed by atoms with Crippen LogP contribution in [0.4, 0.5) is 0 Å². The van der Waals surface area contributed by atoms with Gasteiger partial charge in [0.2, 0.25) is 5.91 Å². The highest BCUT2D eigenvalue weighted by Gasteiger charge is 2.11. The van der Waals surface area contributed by atoms with E-state index in [1.807, 2.05) is 18.2 Å². The lowest BCUT2D eigenvalue weighted by atomic mass is 10.2. The molecule has 0 spiro atoms. The third-order valence-corrected chi connectivity index (χ3v) is 2.71. The highest BCUT2D eigenvalue weighted by molar-refractivity contribution is 5.96. The molecule has 1 aromatic carbocycles. The number of benzene rings is 1. The first kappa shape index (κ1) is 13.4. The number of nitrogens with one attached hydrogen (secondary N) is 1. The van der Waals surface area contributed by atoms with Crippen molar-refractivity contribution in [2.24, 2.45) is 0 Å². The number of ketones is 1. The molecule has 0 aliphatic carbocycles. The van der Waals surface area contributed by atoms with Crippen molar-refractivity contribution in [1.82, 2.24) is 5.32 Å². The Kier molecular flexibility index (Phi) is 4.39.